The Morgan fingerprint density at radius 1 is 1.09 bits per heavy atom. The molecule has 1 aromatic heterocycles. The number of amides is 1. The van der Waals surface area contributed by atoms with E-state index in [0.29, 0.717) is 16.0 Å². The monoisotopic (exact) mass is 554 g/mol. The summed E-state index contributed by atoms with van der Waals surface area (Å²) >= 11 is 11.0. The molecule has 0 bridgehead atoms. The summed E-state index contributed by atoms with van der Waals surface area (Å²) in [6.07, 6.45) is 0.829. The van der Waals surface area contributed by atoms with Crippen molar-refractivity contribution in [3.8, 4) is 17.1 Å². The third kappa shape index (κ3) is 5.54. The molecule has 8 heteroatoms. The summed E-state index contributed by atoms with van der Waals surface area (Å²) in [4.78, 5) is 12.9. The highest BCUT2D eigenvalue weighted by molar-refractivity contribution is 9.10. The van der Waals surface area contributed by atoms with Gasteiger partial charge in [0, 0.05) is 26.4 Å². The summed E-state index contributed by atoms with van der Waals surface area (Å²) in [5.74, 6) is 0.822. The van der Waals surface area contributed by atoms with Crippen LogP contribution in [0.4, 0.5) is 5.69 Å². The predicted molar refractivity (Wildman–Crippen MR) is 144 cm³/mol. The van der Waals surface area contributed by atoms with Crippen LogP contribution in [0.3, 0.4) is 0 Å². The Bertz CT molecular complexity index is 1340. The molecule has 0 saturated heterocycles. The van der Waals surface area contributed by atoms with Gasteiger partial charge in [0.25, 0.3) is 0 Å². The third-order valence-electron chi connectivity index (χ3n) is 5.36. The van der Waals surface area contributed by atoms with E-state index in [1.165, 1.54) is 11.8 Å². The average Bonchev–Trinajstić information content (AvgIpc) is 3.23. The van der Waals surface area contributed by atoms with Crippen LogP contribution in [-0.2, 0) is 11.2 Å². The SMILES string of the molecule is CCc1cc(Br)cc(C)c1NC(=O)CSc1nnc(-c2ccc(Cl)cc2)n1-c1cccc(C)c1. The van der Waals surface area contributed by atoms with E-state index >= 15 is 0 Å². The van der Waals surface area contributed by atoms with Crippen LogP contribution in [0.25, 0.3) is 17.1 Å². The zero-order chi connectivity index (χ0) is 24.2. The molecule has 5 nitrogen and oxygen atoms in total. The zero-order valence-electron chi connectivity index (χ0n) is 19.1. The van der Waals surface area contributed by atoms with Crippen LogP contribution in [0, 0.1) is 13.8 Å². The van der Waals surface area contributed by atoms with Crippen LogP contribution < -0.4 is 5.32 Å². The van der Waals surface area contributed by atoms with Gasteiger partial charge in [-0.3, -0.25) is 9.36 Å². The van der Waals surface area contributed by atoms with Gasteiger partial charge in [0.05, 0.1) is 5.75 Å². The van der Waals surface area contributed by atoms with E-state index in [1.54, 1.807) is 0 Å². The third-order valence-corrected chi connectivity index (χ3v) is 6.99. The molecule has 4 aromatic rings. The molecular formula is C26H24BrClN4OS. The van der Waals surface area contributed by atoms with Crippen molar-refractivity contribution in [2.75, 3.05) is 11.1 Å². The Hall–Kier alpha value is -2.61. The lowest BCUT2D eigenvalue weighted by atomic mass is 10.1. The fourth-order valence-electron chi connectivity index (χ4n) is 3.73. The number of carbonyl (C=O) groups is 1. The van der Waals surface area contributed by atoms with Gasteiger partial charge < -0.3 is 5.32 Å². The van der Waals surface area contributed by atoms with Gasteiger partial charge in [0.15, 0.2) is 11.0 Å². The van der Waals surface area contributed by atoms with E-state index < -0.39 is 0 Å². The van der Waals surface area contributed by atoms with Gasteiger partial charge >= 0.3 is 0 Å². The topological polar surface area (TPSA) is 59.8 Å². The summed E-state index contributed by atoms with van der Waals surface area (Å²) in [6, 6.07) is 19.7. The number of aryl methyl sites for hydroxylation is 3. The molecule has 1 N–H and O–H groups in total. The van der Waals surface area contributed by atoms with E-state index in [-0.39, 0.29) is 11.7 Å². The van der Waals surface area contributed by atoms with Gasteiger partial charge in [-0.05, 0) is 85.5 Å². The van der Waals surface area contributed by atoms with Gasteiger partial charge in [-0.1, -0.05) is 58.3 Å². The Morgan fingerprint density at radius 3 is 2.56 bits per heavy atom. The first kappa shape index (κ1) is 24.5. The van der Waals surface area contributed by atoms with Crippen molar-refractivity contribution in [2.24, 2.45) is 0 Å². The second kappa shape index (κ2) is 10.8. The molecule has 34 heavy (non-hydrogen) atoms. The highest BCUT2D eigenvalue weighted by Crippen LogP contribution is 2.30. The number of hydrogen-bond acceptors (Lipinski definition) is 4. The quantitative estimate of drug-likeness (QED) is 0.244. The van der Waals surface area contributed by atoms with Crippen molar-refractivity contribution in [3.63, 3.8) is 0 Å². The summed E-state index contributed by atoms with van der Waals surface area (Å²) in [5, 5.41) is 13.3. The molecule has 0 aliphatic carbocycles. The molecule has 4 rings (SSSR count). The van der Waals surface area contributed by atoms with E-state index in [1.807, 2.05) is 73.0 Å². The first-order valence-electron chi connectivity index (χ1n) is 10.9. The van der Waals surface area contributed by atoms with E-state index in [0.717, 1.165) is 44.5 Å². The standard InChI is InChI=1S/C26H24BrClN4OS/c1-4-18-14-20(27)13-17(3)24(18)29-23(33)15-34-26-31-30-25(19-8-10-21(28)11-9-19)32(26)22-7-5-6-16(2)12-22/h5-14H,4,15H2,1-3H3,(H,29,33). The zero-order valence-corrected chi connectivity index (χ0v) is 22.3. The molecule has 3 aromatic carbocycles. The number of hydrogen-bond donors (Lipinski definition) is 1. The molecule has 0 aliphatic rings. The van der Waals surface area contributed by atoms with E-state index in [4.69, 9.17) is 11.6 Å². The van der Waals surface area contributed by atoms with E-state index in [2.05, 4.69) is 44.4 Å². The minimum Gasteiger partial charge on any atom is -0.325 e. The van der Waals surface area contributed by atoms with Crippen molar-refractivity contribution < 1.29 is 4.79 Å². The van der Waals surface area contributed by atoms with Crippen LogP contribution in [0.5, 0.6) is 0 Å². The van der Waals surface area contributed by atoms with Crippen LogP contribution in [0.2, 0.25) is 5.02 Å². The summed E-state index contributed by atoms with van der Waals surface area (Å²) < 4.78 is 2.99. The summed E-state index contributed by atoms with van der Waals surface area (Å²) in [7, 11) is 0. The largest absolute Gasteiger partial charge is 0.325 e. The fourth-order valence-corrected chi connectivity index (χ4v) is 5.22. The number of nitrogens with zero attached hydrogens (tertiary/aromatic N) is 3. The number of benzene rings is 3. The van der Waals surface area contributed by atoms with Crippen molar-refractivity contribution in [1.82, 2.24) is 14.8 Å². The van der Waals surface area contributed by atoms with Crippen LogP contribution in [-0.4, -0.2) is 26.4 Å². The normalized spacial score (nSPS) is 11.0. The molecule has 0 radical (unpaired) electrons. The number of nitrogens with one attached hydrogen (secondary N) is 1. The second-order valence-corrected chi connectivity index (χ2v) is 10.2. The van der Waals surface area contributed by atoms with Gasteiger partial charge in [0.2, 0.25) is 5.91 Å². The summed E-state index contributed by atoms with van der Waals surface area (Å²) in [5.41, 5.74) is 5.96. The fraction of sp³-hybridized carbons (Fsp3) is 0.192. The minimum atomic E-state index is -0.0862. The number of rotatable bonds is 7. The average molecular weight is 556 g/mol. The second-order valence-electron chi connectivity index (χ2n) is 7.93. The van der Waals surface area contributed by atoms with E-state index in [9.17, 15) is 4.79 Å². The Labute approximate surface area is 217 Å². The van der Waals surface area contributed by atoms with Crippen molar-refractivity contribution in [3.05, 3.63) is 86.8 Å². The van der Waals surface area contributed by atoms with Crippen LogP contribution >= 0.6 is 39.3 Å². The first-order chi connectivity index (χ1) is 16.4. The predicted octanol–water partition coefficient (Wildman–Crippen LogP) is 7.26. The molecule has 1 amide bonds. The van der Waals surface area contributed by atoms with Crippen LogP contribution in [0.15, 0.2) is 70.3 Å². The smallest absolute Gasteiger partial charge is 0.234 e. The lowest BCUT2D eigenvalue weighted by molar-refractivity contribution is -0.113. The van der Waals surface area contributed by atoms with Crippen molar-refractivity contribution in [2.45, 2.75) is 32.3 Å². The molecule has 1 heterocycles. The maximum Gasteiger partial charge on any atom is 0.234 e. The molecule has 0 aliphatic heterocycles. The highest BCUT2D eigenvalue weighted by Gasteiger charge is 2.18. The number of thioether (sulfide) groups is 1. The lowest BCUT2D eigenvalue weighted by Crippen LogP contribution is -2.16. The molecule has 0 fully saturated rings. The highest BCUT2D eigenvalue weighted by atomic mass is 79.9. The molecular weight excluding hydrogens is 532 g/mol. The van der Waals surface area contributed by atoms with Crippen LogP contribution in [0.1, 0.15) is 23.6 Å². The van der Waals surface area contributed by atoms with Gasteiger partial charge in [-0.15, -0.1) is 10.2 Å². The summed E-state index contributed by atoms with van der Waals surface area (Å²) in [6.45, 7) is 6.12. The number of anilines is 1. The van der Waals surface area contributed by atoms with Crippen molar-refractivity contribution in [1.29, 1.82) is 0 Å². The molecule has 0 saturated carbocycles. The maximum atomic E-state index is 12.9. The Kier molecular flexibility index (Phi) is 7.76. The Balaban J connectivity index is 1.61. The Morgan fingerprint density at radius 2 is 1.85 bits per heavy atom. The maximum absolute atomic E-state index is 12.9. The molecule has 174 valence electrons. The van der Waals surface area contributed by atoms with Gasteiger partial charge in [0.1, 0.15) is 0 Å². The number of halogens is 2. The lowest BCUT2D eigenvalue weighted by Gasteiger charge is -2.14. The number of carbonyl (C=O) groups excluding carboxylic acids is 1. The van der Waals surface area contributed by atoms with Gasteiger partial charge in [-0.25, -0.2) is 0 Å². The first-order valence-corrected chi connectivity index (χ1v) is 13.0. The number of aromatic nitrogens is 3. The van der Waals surface area contributed by atoms with Gasteiger partial charge in [-0.2, -0.15) is 0 Å². The molecule has 0 unspecified atom stereocenters. The molecule has 0 spiro atoms. The van der Waals surface area contributed by atoms with Crippen molar-refractivity contribution >= 4 is 50.9 Å². The minimum absolute atomic E-state index is 0.0862. The molecule has 0 atom stereocenters.